The molecule has 5 nitrogen and oxygen atoms in total. The molecule has 0 bridgehead atoms. The maximum absolute atomic E-state index is 12.1. The molecule has 2 saturated heterocycles. The van der Waals surface area contributed by atoms with Gasteiger partial charge in [0.1, 0.15) is 0 Å². The molecule has 5 heteroatoms. The number of piperidine rings is 1. The molecular weight excluding hydrogens is 218 g/mol. The lowest BCUT2D eigenvalue weighted by Gasteiger charge is -2.34. The second-order valence-electron chi connectivity index (χ2n) is 4.83. The zero-order chi connectivity index (χ0) is 12.1. The van der Waals surface area contributed by atoms with Crippen molar-refractivity contribution < 1.29 is 9.59 Å². The van der Waals surface area contributed by atoms with E-state index >= 15 is 0 Å². The molecule has 17 heavy (non-hydrogen) atoms. The maximum atomic E-state index is 12.1. The van der Waals surface area contributed by atoms with Crippen LogP contribution in [0.4, 0.5) is 0 Å². The Morgan fingerprint density at radius 2 is 2.00 bits per heavy atom. The van der Waals surface area contributed by atoms with Gasteiger partial charge in [0.15, 0.2) is 0 Å². The first-order valence-corrected chi connectivity index (χ1v) is 6.51. The molecular formula is C12H21N3O2. The highest BCUT2D eigenvalue weighted by Crippen LogP contribution is 2.19. The molecule has 0 aliphatic carbocycles. The van der Waals surface area contributed by atoms with Gasteiger partial charge in [0.25, 0.3) is 0 Å². The van der Waals surface area contributed by atoms with E-state index in [0.717, 1.165) is 58.4 Å². The molecule has 1 N–H and O–H groups in total. The van der Waals surface area contributed by atoms with Gasteiger partial charge in [-0.2, -0.15) is 0 Å². The number of nitrogens with zero attached hydrogens (tertiary/aromatic N) is 2. The van der Waals surface area contributed by atoms with Crippen LogP contribution in [0.2, 0.25) is 0 Å². The minimum atomic E-state index is 0.128. The van der Waals surface area contributed by atoms with Crippen LogP contribution in [0.25, 0.3) is 0 Å². The third-order valence-electron chi connectivity index (χ3n) is 3.69. The van der Waals surface area contributed by atoms with E-state index in [1.165, 1.54) is 0 Å². The highest BCUT2D eigenvalue weighted by atomic mass is 16.2. The third-order valence-corrected chi connectivity index (χ3v) is 3.69. The van der Waals surface area contributed by atoms with Crippen molar-refractivity contribution in [3.63, 3.8) is 0 Å². The van der Waals surface area contributed by atoms with Gasteiger partial charge in [-0.15, -0.1) is 0 Å². The average molecular weight is 239 g/mol. The molecule has 2 rings (SSSR count). The molecule has 96 valence electrons. The van der Waals surface area contributed by atoms with Crippen molar-refractivity contribution in [2.24, 2.45) is 0 Å². The first-order valence-electron chi connectivity index (χ1n) is 6.51. The first-order chi connectivity index (χ1) is 8.31. The summed E-state index contributed by atoms with van der Waals surface area (Å²) in [5.41, 5.74) is 0. The summed E-state index contributed by atoms with van der Waals surface area (Å²) in [5.74, 6) is 0.199. The number of carbonyl (C=O) groups excluding carboxylic acids is 2. The molecule has 2 fully saturated rings. The Labute approximate surface area is 102 Å². The number of hydrogen-bond acceptors (Lipinski definition) is 3. The molecule has 1 unspecified atom stereocenters. The van der Waals surface area contributed by atoms with Crippen molar-refractivity contribution in [2.75, 3.05) is 32.7 Å². The second-order valence-corrected chi connectivity index (χ2v) is 4.83. The predicted octanol–water partition coefficient (Wildman–Crippen LogP) is -0.181. The Balaban J connectivity index is 1.85. The van der Waals surface area contributed by atoms with Crippen molar-refractivity contribution in [1.29, 1.82) is 0 Å². The number of nitrogens with one attached hydrogen (secondary N) is 1. The van der Waals surface area contributed by atoms with E-state index in [4.69, 9.17) is 0 Å². The van der Waals surface area contributed by atoms with Crippen molar-refractivity contribution in [2.45, 2.75) is 31.7 Å². The topological polar surface area (TPSA) is 52.7 Å². The van der Waals surface area contributed by atoms with Crippen LogP contribution >= 0.6 is 0 Å². The lowest BCUT2D eigenvalue weighted by atomic mass is 9.99. The number of amides is 2. The molecule has 2 aliphatic heterocycles. The molecule has 1 atom stereocenters. The first kappa shape index (κ1) is 12.4. The van der Waals surface area contributed by atoms with E-state index in [-0.39, 0.29) is 11.9 Å². The largest absolute Gasteiger partial charge is 0.342 e. The molecule has 2 aliphatic rings. The van der Waals surface area contributed by atoms with E-state index in [9.17, 15) is 9.59 Å². The quantitative estimate of drug-likeness (QED) is 0.695. The summed E-state index contributed by atoms with van der Waals surface area (Å²) in [6.45, 7) is 4.17. The van der Waals surface area contributed by atoms with Gasteiger partial charge in [-0.1, -0.05) is 0 Å². The summed E-state index contributed by atoms with van der Waals surface area (Å²) >= 11 is 0. The third kappa shape index (κ3) is 3.19. The van der Waals surface area contributed by atoms with Crippen molar-refractivity contribution >= 4 is 12.3 Å². The summed E-state index contributed by atoms with van der Waals surface area (Å²) in [6.07, 6.45) is 4.56. The Morgan fingerprint density at radius 1 is 1.24 bits per heavy atom. The van der Waals surface area contributed by atoms with Crippen molar-refractivity contribution in [1.82, 2.24) is 15.1 Å². The molecule has 0 aromatic carbocycles. The van der Waals surface area contributed by atoms with E-state index in [1.54, 1.807) is 4.90 Å². The van der Waals surface area contributed by atoms with Gasteiger partial charge in [-0.05, 0) is 19.3 Å². The number of piperazine rings is 1. The Kier molecular flexibility index (Phi) is 4.36. The highest BCUT2D eigenvalue weighted by Gasteiger charge is 2.26. The number of hydrogen-bond donors (Lipinski definition) is 1. The molecule has 0 spiro atoms. The molecule has 0 saturated carbocycles. The minimum absolute atomic E-state index is 0.128. The number of carbonyl (C=O) groups is 2. The Morgan fingerprint density at radius 3 is 2.71 bits per heavy atom. The summed E-state index contributed by atoms with van der Waals surface area (Å²) in [4.78, 5) is 26.7. The van der Waals surface area contributed by atoms with Gasteiger partial charge in [0, 0.05) is 45.2 Å². The Bertz CT molecular complexity index is 277. The van der Waals surface area contributed by atoms with Crippen LogP contribution in [-0.4, -0.2) is 60.9 Å². The summed E-state index contributed by atoms with van der Waals surface area (Å²) < 4.78 is 0. The molecule has 0 aromatic heterocycles. The van der Waals surface area contributed by atoms with Crippen LogP contribution in [0.1, 0.15) is 25.7 Å². The number of likely N-dealkylation sites (tertiary alicyclic amines) is 1. The van der Waals surface area contributed by atoms with E-state index in [2.05, 4.69) is 5.32 Å². The van der Waals surface area contributed by atoms with Crippen LogP contribution in [-0.2, 0) is 9.59 Å². The van der Waals surface area contributed by atoms with Gasteiger partial charge in [0.05, 0.1) is 0 Å². The van der Waals surface area contributed by atoms with Crippen LogP contribution in [0.5, 0.6) is 0 Å². The highest BCUT2D eigenvalue weighted by molar-refractivity contribution is 5.77. The fraction of sp³-hybridized carbons (Fsp3) is 0.833. The monoisotopic (exact) mass is 239 g/mol. The normalized spacial score (nSPS) is 25.8. The minimum Gasteiger partial charge on any atom is -0.342 e. The summed E-state index contributed by atoms with van der Waals surface area (Å²) in [6, 6.07) is 0.128. The van der Waals surface area contributed by atoms with Crippen LogP contribution in [0, 0.1) is 0 Å². The Hall–Kier alpha value is -1.10. The lowest BCUT2D eigenvalue weighted by molar-refractivity contribution is -0.134. The second kappa shape index (κ2) is 6.00. The molecule has 0 radical (unpaired) electrons. The predicted molar refractivity (Wildman–Crippen MR) is 64.5 cm³/mol. The van der Waals surface area contributed by atoms with Gasteiger partial charge in [-0.25, -0.2) is 0 Å². The van der Waals surface area contributed by atoms with Gasteiger partial charge in [-0.3, -0.25) is 9.59 Å². The average Bonchev–Trinajstić information content (AvgIpc) is 2.40. The van der Waals surface area contributed by atoms with Crippen molar-refractivity contribution in [3.8, 4) is 0 Å². The summed E-state index contributed by atoms with van der Waals surface area (Å²) in [7, 11) is 0. The zero-order valence-electron chi connectivity index (χ0n) is 10.2. The van der Waals surface area contributed by atoms with Gasteiger partial charge >= 0.3 is 0 Å². The van der Waals surface area contributed by atoms with E-state index in [0.29, 0.717) is 6.42 Å². The maximum Gasteiger partial charge on any atom is 0.224 e. The summed E-state index contributed by atoms with van der Waals surface area (Å²) in [5, 5.41) is 3.23. The fourth-order valence-corrected chi connectivity index (χ4v) is 2.63. The molecule has 0 aromatic rings. The standard InChI is InChI=1S/C12H21N3O2/c16-10-15-6-2-1-3-11(15)9-12(17)14-7-4-13-5-8-14/h10-11,13H,1-9H2. The molecule has 2 amide bonds. The van der Waals surface area contributed by atoms with Crippen LogP contribution in [0.3, 0.4) is 0 Å². The SMILES string of the molecule is O=CN1CCCCC1CC(=O)N1CCNCC1. The van der Waals surface area contributed by atoms with Crippen molar-refractivity contribution in [3.05, 3.63) is 0 Å². The molecule has 2 heterocycles. The van der Waals surface area contributed by atoms with E-state index in [1.807, 2.05) is 4.90 Å². The van der Waals surface area contributed by atoms with Gasteiger partial charge < -0.3 is 15.1 Å². The van der Waals surface area contributed by atoms with Crippen LogP contribution in [0.15, 0.2) is 0 Å². The fourth-order valence-electron chi connectivity index (χ4n) is 2.63. The smallest absolute Gasteiger partial charge is 0.224 e. The lowest BCUT2D eigenvalue weighted by Crippen LogP contribution is -2.49. The van der Waals surface area contributed by atoms with Crippen LogP contribution < -0.4 is 5.32 Å². The van der Waals surface area contributed by atoms with E-state index < -0.39 is 0 Å². The number of rotatable bonds is 3. The van der Waals surface area contributed by atoms with Gasteiger partial charge in [0.2, 0.25) is 12.3 Å². The zero-order valence-corrected chi connectivity index (χ0v) is 10.2.